The molecular weight excluding hydrogens is 296 g/mol. The van der Waals surface area contributed by atoms with E-state index in [1.54, 1.807) is 0 Å². The number of hydrogen-bond acceptors (Lipinski definition) is 4. The minimum Gasteiger partial charge on any atom is -0.405 e. The number of H-pyrrole nitrogens is 2. The molecule has 2 fully saturated rings. The van der Waals surface area contributed by atoms with Crippen molar-refractivity contribution in [2.45, 2.75) is 44.9 Å². The van der Waals surface area contributed by atoms with Crippen LogP contribution in [0.15, 0.2) is 24.9 Å². The Morgan fingerprint density at radius 2 is 1.91 bits per heavy atom. The van der Waals surface area contributed by atoms with Gasteiger partial charge in [0.1, 0.15) is 5.39 Å². The van der Waals surface area contributed by atoms with Crippen LogP contribution in [0.4, 0.5) is 0 Å². The van der Waals surface area contributed by atoms with Crippen molar-refractivity contribution in [1.29, 1.82) is 0 Å². The SMILES string of the molecule is O=c1[nH]c(=O)c2c(CC[C@@H]3CC3C3CCCC3)cc(=O)oc2[nH]1. The minimum atomic E-state index is -0.661. The number of hydrogen-bond donors (Lipinski definition) is 2. The summed E-state index contributed by atoms with van der Waals surface area (Å²) in [6.45, 7) is 0. The molecule has 2 aliphatic carbocycles. The van der Waals surface area contributed by atoms with Crippen LogP contribution in [0.1, 0.15) is 44.1 Å². The summed E-state index contributed by atoms with van der Waals surface area (Å²) in [6.07, 6.45) is 8.38. The molecule has 0 spiro atoms. The van der Waals surface area contributed by atoms with E-state index >= 15 is 0 Å². The lowest BCUT2D eigenvalue weighted by molar-refractivity contribution is 0.440. The maximum atomic E-state index is 12.0. The summed E-state index contributed by atoms with van der Waals surface area (Å²) in [6, 6.07) is 1.38. The van der Waals surface area contributed by atoms with E-state index in [4.69, 9.17) is 4.42 Å². The van der Waals surface area contributed by atoms with Crippen LogP contribution in [0.25, 0.3) is 11.1 Å². The van der Waals surface area contributed by atoms with E-state index in [1.807, 2.05) is 0 Å². The van der Waals surface area contributed by atoms with E-state index in [0.29, 0.717) is 23.3 Å². The topological polar surface area (TPSA) is 95.9 Å². The van der Waals surface area contributed by atoms with Gasteiger partial charge in [-0.2, -0.15) is 0 Å². The van der Waals surface area contributed by atoms with E-state index in [9.17, 15) is 14.4 Å². The maximum Gasteiger partial charge on any atom is 0.337 e. The average Bonchev–Trinajstić information content (AvgIpc) is 3.05. The zero-order chi connectivity index (χ0) is 16.0. The van der Waals surface area contributed by atoms with Gasteiger partial charge in [-0.1, -0.05) is 25.7 Å². The predicted octanol–water partition coefficient (Wildman–Crippen LogP) is 1.93. The number of aromatic amines is 2. The van der Waals surface area contributed by atoms with E-state index in [1.165, 1.54) is 38.2 Å². The third-order valence-electron chi connectivity index (χ3n) is 5.49. The highest BCUT2D eigenvalue weighted by atomic mass is 16.4. The Kier molecular flexibility index (Phi) is 3.47. The summed E-state index contributed by atoms with van der Waals surface area (Å²) in [5.41, 5.74) is -1.04. The highest BCUT2D eigenvalue weighted by Gasteiger charge is 2.42. The lowest BCUT2D eigenvalue weighted by Gasteiger charge is -2.08. The number of aryl methyl sites for hydroxylation is 1. The highest BCUT2D eigenvalue weighted by Crippen LogP contribution is 2.52. The fourth-order valence-corrected chi connectivity index (χ4v) is 4.28. The van der Waals surface area contributed by atoms with Crippen LogP contribution in [-0.2, 0) is 6.42 Å². The quantitative estimate of drug-likeness (QED) is 0.901. The summed E-state index contributed by atoms with van der Waals surface area (Å²) < 4.78 is 4.96. The van der Waals surface area contributed by atoms with E-state index in [2.05, 4.69) is 9.97 Å². The molecule has 1 unspecified atom stereocenters. The first-order chi connectivity index (χ1) is 11.1. The lowest BCUT2D eigenvalue weighted by Crippen LogP contribution is -2.24. The Morgan fingerprint density at radius 1 is 1.13 bits per heavy atom. The van der Waals surface area contributed by atoms with Crippen LogP contribution in [0.5, 0.6) is 0 Å². The first-order valence-corrected chi connectivity index (χ1v) is 8.41. The molecule has 6 heteroatoms. The molecule has 122 valence electrons. The maximum absolute atomic E-state index is 12.0. The average molecular weight is 316 g/mol. The van der Waals surface area contributed by atoms with Crippen molar-refractivity contribution in [3.63, 3.8) is 0 Å². The fourth-order valence-electron chi connectivity index (χ4n) is 4.28. The smallest absolute Gasteiger partial charge is 0.337 e. The molecule has 0 aromatic carbocycles. The molecular formula is C17H20N2O4. The number of aromatic nitrogens is 2. The molecule has 23 heavy (non-hydrogen) atoms. The zero-order valence-corrected chi connectivity index (χ0v) is 12.9. The van der Waals surface area contributed by atoms with Crippen molar-refractivity contribution < 1.29 is 4.42 Å². The van der Waals surface area contributed by atoms with Gasteiger partial charge in [0, 0.05) is 6.07 Å². The molecule has 2 heterocycles. The van der Waals surface area contributed by atoms with Crippen molar-refractivity contribution in [2.24, 2.45) is 17.8 Å². The lowest BCUT2D eigenvalue weighted by atomic mass is 9.98. The van der Waals surface area contributed by atoms with Gasteiger partial charge in [-0.15, -0.1) is 0 Å². The van der Waals surface area contributed by atoms with Gasteiger partial charge in [-0.3, -0.25) is 14.8 Å². The van der Waals surface area contributed by atoms with Gasteiger partial charge in [0.15, 0.2) is 0 Å². The van der Waals surface area contributed by atoms with Crippen molar-refractivity contribution >= 4 is 11.1 Å². The van der Waals surface area contributed by atoms with Crippen molar-refractivity contribution in [1.82, 2.24) is 9.97 Å². The molecule has 0 amide bonds. The summed E-state index contributed by atoms with van der Waals surface area (Å²) >= 11 is 0. The standard InChI is InChI=1S/C17H20N2O4/c20-13-8-11(14-15(21)18-17(22)19-16(14)23-13)6-5-10-7-12(10)9-3-1-2-4-9/h8-10,12H,1-7H2,(H2,18,19,21,22)/t10-,12?/m1/s1. The van der Waals surface area contributed by atoms with Crippen LogP contribution in [0.3, 0.4) is 0 Å². The second kappa shape index (κ2) is 5.51. The zero-order valence-electron chi connectivity index (χ0n) is 12.9. The van der Waals surface area contributed by atoms with Crippen LogP contribution in [0, 0.1) is 17.8 Å². The van der Waals surface area contributed by atoms with Gasteiger partial charge in [0.2, 0.25) is 5.71 Å². The largest absolute Gasteiger partial charge is 0.405 e. The highest BCUT2D eigenvalue weighted by molar-refractivity contribution is 5.75. The van der Waals surface area contributed by atoms with E-state index in [-0.39, 0.29) is 5.71 Å². The van der Waals surface area contributed by atoms with Gasteiger partial charge in [-0.25, -0.2) is 9.59 Å². The van der Waals surface area contributed by atoms with Gasteiger partial charge >= 0.3 is 11.3 Å². The molecule has 0 radical (unpaired) electrons. The Balaban J connectivity index is 1.56. The third-order valence-corrected chi connectivity index (χ3v) is 5.49. The third kappa shape index (κ3) is 2.78. The molecule has 2 aromatic rings. The normalized spacial score (nSPS) is 24.3. The summed E-state index contributed by atoms with van der Waals surface area (Å²) in [5, 5.41) is 0.294. The van der Waals surface area contributed by atoms with E-state index < -0.39 is 16.9 Å². The summed E-state index contributed by atoms with van der Waals surface area (Å²) in [5.74, 6) is 2.43. The van der Waals surface area contributed by atoms with Gasteiger partial charge in [0.05, 0.1) is 0 Å². The summed E-state index contributed by atoms with van der Waals surface area (Å²) in [4.78, 5) is 39.6. The van der Waals surface area contributed by atoms with Gasteiger partial charge < -0.3 is 4.42 Å². The van der Waals surface area contributed by atoms with Crippen LogP contribution >= 0.6 is 0 Å². The Bertz CT molecular complexity index is 896. The van der Waals surface area contributed by atoms with E-state index in [0.717, 1.165) is 18.3 Å². The molecule has 4 rings (SSSR count). The van der Waals surface area contributed by atoms with Crippen molar-refractivity contribution in [3.8, 4) is 0 Å². The first kappa shape index (κ1) is 14.5. The van der Waals surface area contributed by atoms with Gasteiger partial charge in [0.25, 0.3) is 5.56 Å². The fraction of sp³-hybridized carbons (Fsp3) is 0.588. The number of rotatable bonds is 4. The summed E-state index contributed by atoms with van der Waals surface area (Å²) in [7, 11) is 0. The monoisotopic (exact) mass is 316 g/mol. The molecule has 2 atom stereocenters. The van der Waals surface area contributed by atoms with Crippen LogP contribution in [0.2, 0.25) is 0 Å². The van der Waals surface area contributed by atoms with Gasteiger partial charge in [-0.05, 0) is 42.6 Å². The molecule has 0 aliphatic heterocycles. The molecule has 0 bridgehead atoms. The van der Waals surface area contributed by atoms with Crippen LogP contribution < -0.4 is 16.9 Å². The predicted molar refractivity (Wildman–Crippen MR) is 85.6 cm³/mol. The Labute approximate surface area is 131 Å². The van der Waals surface area contributed by atoms with Crippen LogP contribution in [-0.4, -0.2) is 9.97 Å². The molecule has 6 nitrogen and oxygen atoms in total. The molecule has 2 saturated carbocycles. The number of fused-ring (bicyclic) bond motifs is 1. The minimum absolute atomic E-state index is 0.0237. The molecule has 2 aromatic heterocycles. The number of nitrogens with one attached hydrogen (secondary N) is 2. The van der Waals surface area contributed by atoms with Crippen molar-refractivity contribution in [2.75, 3.05) is 0 Å². The molecule has 2 N–H and O–H groups in total. The molecule has 2 aliphatic rings. The first-order valence-electron chi connectivity index (χ1n) is 8.41. The second-order valence-corrected chi connectivity index (χ2v) is 6.95. The second-order valence-electron chi connectivity index (χ2n) is 6.95. The molecule has 0 saturated heterocycles. The Morgan fingerprint density at radius 3 is 2.70 bits per heavy atom. The van der Waals surface area contributed by atoms with Crippen molar-refractivity contribution in [3.05, 3.63) is 42.9 Å². The Hall–Kier alpha value is -2.11.